The molecule has 4 N–H and O–H groups in total. The molecule has 0 aromatic rings. The summed E-state index contributed by atoms with van der Waals surface area (Å²) >= 11 is 0. The van der Waals surface area contributed by atoms with Crippen LogP contribution in [0.5, 0.6) is 0 Å². The fraction of sp³-hybridized carbons (Fsp3) is 0.783. The number of hydrogen-bond acceptors (Lipinski definition) is 6. The number of ether oxygens (including phenoxy) is 1. The molecule has 12 heteroatoms. The van der Waals surface area contributed by atoms with E-state index in [1.165, 1.54) is 0 Å². The van der Waals surface area contributed by atoms with Crippen LogP contribution in [0.15, 0.2) is 0 Å². The molecular weight excluding hydrogens is 468 g/mol. The minimum Gasteiger partial charge on any atom is -0.475 e. The molecule has 0 aliphatic heterocycles. The standard InChI is InChI=1S/C23H37F2N3O7/c1-12(2)10-15(19(30)26-14(11-16(24)25)18(29)21(32)33)27-20(31)17(13-8-6-7-9-13)28-22(34)35-23(3,4)5/h12-17H,6-11H2,1-5H3,(H,26,30)(H,27,31)(H,28,34)(H,32,33). The second-order valence-electron chi connectivity index (χ2n) is 10.2. The van der Waals surface area contributed by atoms with Crippen LogP contribution in [0.4, 0.5) is 13.6 Å². The van der Waals surface area contributed by atoms with Gasteiger partial charge in [-0.3, -0.25) is 14.4 Å². The van der Waals surface area contributed by atoms with Gasteiger partial charge >= 0.3 is 12.1 Å². The van der Waals surface area contributed by atoms with Gasteiger partial charge in [0, 0.05) is 6.42 Å². The second-order valence-corrected chi connectivity index (χ2v) is 10.2. The first-order valence-corrected chi connectivity index (χ1v) is 11.8. The number of Topliss-reactive ketones (excluding diaryl/α,β-unsaturated/α-hetero) is 1. The van der Waals surface area contributed by atoms with Crippen LogP contribution in [0, 0.1) is 11.8 Å². The van der Waals surface area contributed by atoms with E-state index in [4.69, 9.17) is 9.84 Å². The van der Waals surface area contributed by atoms with E-state index in [-0.39, 0.29) is 18.3 Å². The van der Waals surface area contributed by atoms with Crippen molar-refractivity contribution in [1.82, 2.24) is 16.0 Å². The van der Waals surface area contributed by atoms with E-state index in [9.17, 15) is 32.8 Å². The number of alkyl halides is 2. The molecule has 0 aromatic heterocycles. The molecular formula is C23H37F2N3O7. The smallest absolute Gasteiger partial charge is 0.408 e. The second kappa shape index (κ2) is 13.3. The van der Waals surface area contributed by atoms with Crippen LogP contribution < -0.4 is 16.0 Å². The highest BCUT2D eigenvalue weighted by Gasteiger charge is 2.37. The number of alkyl carbamates (subject to hydrolysis) is 1. The van der Waals surface area contributed by atoms with E-state index in [1.807, 2.05) is 5.32 Å². The van der Waals surface area contributed by atoms with E-state index >= 15 is 0 Å². The van der Waals surface area contributed by atoms with Crippen LogP contribution in [0.1, 0.15) is 73.1 Å². The Kier molecular flexibility index (Phi) is 11.5. The minimum atomic E-state index is -3.04. The lowest BCUT2D eigenvalue weighted by Gasteiger charge is -2.29. The van der Waals surface area contributed by atoms with Crippen LogP contribution in [0.2, 0.25) is 0 Å². The third-order valence-corrected chi connectivity index (χ3v) is 5.42. The predicted molar refractivity (Wildman–Crippen MR) is 122 cm³/mol. The van der Waals surface area contributed by atoms with Crippen molar-refractivity contribution in [3.8, 4) is 0 Å². The minimum absolute atomic E-state index is 0.0874. The first kappa shape index (κ1) is 30.2. The van der Waals surface area contributed by atoms with Crippen molar-refractivity contribution in [1.29, 1.82) is 0 Å². The van der Waals surface area contributed by atoms with Crippen molar-refractivity contribution in [2.75, 3.05) is 0 Å². The average Bonchev–Trinajstić information content (AvgIpc) is 3.22. The zero-order chi connectivity index (χ0) is 26.9. The van der Waals surface area contributed by atoms with E-state index in [1.54, 1.807) is 34.6 Å². The van der Waals surface area contributed by atoms with Gasteiger partial charge in [0.15, 0.2) is 0 Å². The van der Waals surface area contributed by atoms with Gasteiger partial charge in [-0.05, 0) is 51.9 Å². The summed E-state index contributed by atoms with van der Waals surface area (Å²) in [6.07, 6.45) is -1.82. The lowest BCUT2D eigenvalue weighted by Crippen LogP contribution is -2.58. The number of carbonyl (C=O) groups excluding carboxylic acids is 4. The fourth-order valence-electron chi connectivity index (χ4n) is 3.92. The van der Waals surface area contributed by atoms with Gasteiger partial charge in [-0.2, -0.15) is 0 Å². The summed E-state index contributed by atoms with van der Waals surface area (Å²) in [5, 5.41) is 16.1. The zero-order valence-electron chi connectivity index (χ0n) is 20.9. The Labute approximate surface area is 203 Å². The number of hydrogen-bond donors (Lipinski definition) is 4. The van der Waals surface area contributed by atoms with Gasteiger partial charge in [-0.1, -0.05) is 26.7 Å². The molecule has 3 unspecified atom stereocenters. The Hall–Kier alpha value is -2.79. The molecule has 10 nitrogen and oxygen atoms in total. The average molecular weight is 506 g/mol. The fourth-order valence-corrected chi connectivity index (χ4v) is 3.92. The van der Waals surface area contributed by atoms with Crippen LogP contribution >= 0.6 is 0 Å². The lowest BCUT2D eigenvalue weighted by atomic mass is 9.96. The highest BCUT2D eigenvalue weighted by molar-refractivity contribution is 6.35. The molecule has 3 atom stereocenters. The molecule has 0 radical (unpaired) electrons. The zero-order valence-corrected chi connectivity index (χ0v) is 20.9. The Morgan fingerprint density at radius 2 is 1.46 bits per heavy atom. The van der Waals surface area contributed by atoms with Gasteiger partial charge in [0.25, 0.3) is 5.78 Å². The number of amides is 3. The number of carboxylic acids is 1. The molecule has 0 bridgehead atoms. The van der Waals surface area contributed by atoms with Crippen LogP contribution in [-0.4, -0.2) is 64.9 Å². The number of ketones is 1. The van der Waals surface area contributed by atoms with E-state index in [2.05, 4.69) is 10.6 Å². The maximum absolute atomic E-state index is 13.2. The maximum Gasteiger partial charge on any atom is 0.408 e. The molecule has 35 heavy (non-hydrogen) atoms. The first-order valence-electron chi connectivity index (χ1n) is 11.8. The van der Waals surface area contributed by atoms with Crippen molar-refractivity contribution in [2.24, 2.45) is 11.8 Å². The van der Waals surface area contributed by atoms with Gasteiger partial charge < -0.3 is 25.8 Å². The molecule has 3 amide bonds. The Bertz CT molecular complexity index is 778. The number of aliphatic carboxylic acids is 1. The maximum atomic E-state index is 13.2. The third-order valence-electron chi connectivity index (χ3n) is 5.42. The Morgan fingerprint density at radius 3 is 1.91 bits per heavy atom. The van der Waals surface area contributed by atoms with Crippen molar-refractivity contribution < 1.29 is 42.6 Å². The van der Waals surface area contributed by atoms with E-state index in [0.29, 0.717) is 12.8 Å². The normalized spacial score (nSPS) is 16.9. The summed E-state index contributed by atoms with van der Waals surface area (Å²) in [7, 11) is 0. The number of carbonyl (C=O) groups is 5. The molecule has 1 rings (SSSR count). The van der Waals surface area contributed by atoms with Crippen molar-refractivity contribution in [2.45, 2.75) is 103 Å². The van der Waals surface area contributed by atoms with Crippen LogP contribution in [0.3, 0.4) is 0 Å². The molecule has 0 heterocycles. The molecule has 0 aromatic carbocycles. The predicted octanol–water partition coefficient (Wildman–Crippen LogP) is 2.39. The number of rotatable bonds is 12. The van der Waals surface area contributed by atoms with Gasteiger partial charge in [0.05, 0.1) is 0 Å². The van der Waals surface area contributed by atoms with Crippen molar-refractivity contribution >= 4 is 29.7 Å². The largest absolute Gasteiger partial charge is 0.475 e. The topological polar surface area (TPSA) is 151 Å². The van der Waals surface area contributed by atoms with Gasteiger partial charge in [-0.25, -0.2) is 18.4 Å². The SMILES string of the molecule is CC(C)CC(NC(=O)C(NC(=O)OC(C)(C)C)C1CCCC1)C(=O)NC(CC(F)F)C(=O)C(=O)O. The molecule has 1 aliphatic carbocycles. The molecule has 0 spiro atoms. The summed E-state index contributed by atoms with van der Waals surface area (Å²) in [5.41, 5.74) is -0.794. The van der Waals surface area contributed by atoms with Crippen LogP contribution in [-0.2, 0) is 23.9 Å². The lowest BCUT2D eigenvalue weighted by molar-refractivity contribution is -0.151. The highest BCUT2D eigenvalue weighted by Crippen LogP contribution is 2.28. The highest BCUT2D eigenvalue weighted by atomic mass is 19.3. The monoisotopic (exact) mass is 505 g/mol. The Balaban J connectivity index is 3.06. The molecule has 0 saturated heterocycles. The van der Waals surface area contributed by atoms with Crippen molar-refractivity contribution in [3.63, 3.8) is 0 Å². The molecule has 200 valence electrons. The van der Waals surface area contributed by atoms with E-state index in [0.717, 1.165) is 12.8 Å². The molecule has 1 saturated carbocycles. The first-order chi connectivity index (χ1) is 16.1. The number of carboxylic acid groups (broad SMARTS) is 1. The summed E-state index contributed by atoms with van der Waals surface area (Å²) in [4.78, 5) is 61.2. The molecule has 1 fully saturated rings. The van der Waals surface area contributed by atoms with Gasteiger partial charge in [0.1, 0.15) is 23.7 Å². The summed E-state index contributed by atoms with van der Waals surface area (Å²) in [5.74, 6) is -5.47. The summed E-state index contributed by atoms with van der Waals surface area (Å²) in [6.45, 7) is 8.55. The van der Waals surface area contributed by atoms with E-state index < -0.39 is 66.2 Å². The molecule has 1 aliphatic rings. The summed E-state index contributed by atoms with van der Waals surface area (Å²) in [6, 6.07) is -4.18. The van der Waals surface area contributed by atoms with Gasteiger partial charge in [-0.15, -0.1) is 0 Å². The number of nitrogens with one attached hydrogen (secondary N) is 3. The Morgan fingerprint density at radius 1 is 0.914 bits per heavy atom. The summed E-state index contributed by atoms with van der Waals surface area (Å²) < 4.78 is 31.0. The number of halogens is 2. The van der Waals surface area contributed by atoms with Crippen LogP contribution in [0.25, 0.3) is 0 Å². The third kappa shape index (κ3) is 11.0. The quantitative estimate of drug-likeness (QED) is 0.297. The van der Waals surface area contributed by atoms with Gasteiger partial charge in [0.2, 0.25) is 18.2 Å². The van der Waals surface area contributed by atoms with Crippen molar-refractivity contribution in [3.05, 3.63) is 0 Å².